The SMILES string of the molecule is CCOc1ccc(C2C(=C(O)c3c(C)nc4ccccn34)C(=O)C(=O)N2c2nnc(C)s2)cc1OCC. The van der Waals surface area contributed by atoms with Gasteiger partial charge in [0.15, 0.2) is 17.3 Å². The Morgan fingerprint density at radius 1 is 1.05 bits per heavy atom. The number of hydrogen-bond donors (Lipinski definition) is 1. The Bertz CT molecular complexity index is 1560. The number of fused-ring (bicyclic) bond motifs is 1. The van der Waals surface area contributed by atoms with Crippen LogP contribution in [0.2, 0.25) is 0 Å². The first kappa shape index (κ1) is 24.4. The van der Waals surface area contributed by atoms with E-state index < -0.39 is 17.7 Å². The van der Waals surface area contributed by atoms with Gasteiger partial charge in [-0.3, -0.25) is 18.9 Å². The molecular weight excluding hydrogens is 494 g/mol. The van der Waals surface area contributed by atoms with Crippen LogP contribution >= 0.6 is 11.3 Å². The summed E-state index contributed by atoms with van der Waals surface area (Å²) in [5, 5.41) is 20.7. The molecule has 1 unspecified atom stereocenters. The summed E-state index contributed by atoms with van der Waals surface area (Å²) in [6.45, 7) is 8.06. The molecule has 1 amide bonds. The molecule has 0 aliphatic carbocycles. The van der Waals surface area contributed by atoms with Crippen LogP contribution in [0.1, 0.15) is 41.8 Å². The van der Waals surface area contributed by atoms with Crippen molar-refractivity contribution < 1.29 is 24.2 Å². The standard InChI is InChI=1S/C26H25N5O5S/c1-5-35-17-11-10-16(13-18(17)36-6-2)22-20(24(33)25(34)31(22)26-29-28-15(4)37-26)23(32)21-14(3)27-19-9-7-8-12-30(19)21/h7-13,22,32H,5-6H2,1-4H3. The van der Waals surface area contributed by atoms with Crippen LogP contribution < -0.4 is 14.4 Å². The van der Waals surface area contributed by atoms with Crippen molar-refractivity contribution in [2.75, 3.05) is 18.1 Å². The number of aryl methyl sites for hydroxylation is 2. The van der Waals surface area contributed by atoms with Crippen LogP contribution in [0, 0.1) is 13.8 Å². The predicted molar refractivity (Wildman–Crippen MR) is 138 cm³/mol. The van der Waals surface area contributed by atoms with Gasteiger partial charge in [0.05, 0.1) is 30.5 Å². The van der Waals surface area contributed by atoms with Crippen LogP contribution in [0.5, 0.6) is 11.5 Å². The van der Waals surface area contributed by atoms with Crippen LogP contribution in [-0.4, -0.2) is 49.6 Å². The fraction of sp³-hybridized carbons (Fsp3) is 0.269. The molecule has 5 rings (SSSR count). The summed E-state index contributed by atoms with van der Waals surface area (Å²) in [5.74, 6) is -0.954. The molecule has 1 atom stereocenters. The quantitative estimate of drug-likeness (QED) is 0.219. The lowest BCUT2D eigenvalue weighted by molar-refractivity contribution is -0.132. The van der Waals surface area contributed by atoms with E-state index in [9.17, 15) is 14.7 Å². The minimum Gasteiger partial charge on any atom is -0.505 e. The number of ether oxygens (including phenoxy) is 2. The van der Waals surface area contributed by atoms with Crippen molar-refractivity contribution in [3.8, 4) is 11.5 Å². The van der Waals surface area contributed by atoms with Gasteiger partial charge in [0.2, 0.25) is 5.13 Å². The molecule has 1 aromatic carbocycles. The fourth-order valence-corrected chi connectivity index (χ4v) is 5.21. The summed E-state index contributed by atoms with van der Waals surface area (Å²) in [6, 6.07) is 9.65. The van der Waals surface area contributed by atoms with Crippen LogP contribution in [0.25, 0.3) is 11.4 Å². The summed E-state index contributed by atoms with van der Waals surface area (Å²) in [6.07, 6.45) is 1.74. The predicted octanol–water partition coefficient (Wildman–Crippen LogP) is 4.23. The largest absolute Gasteiger partial charge is 0.505 e. The number of imidazole rings is 1. The van der Waals surface area contributed by atoms with Gasteiger partial charge in [-0.2, -0.15) is 0 Å². The molecule has 0 radical (unpaired) electrons. The number of nitrogens with zero attached hydrogens (tertiary/aromatic N) is 5. The minimum absolute atomic E-state index is 0.0711. The topological polar surface area (TPSA) is 119 Å². The van der Waals surface area contributed by atoms with Crippen LogP contribution in [0.4, 0.5) is 5.13 Å². The highest BCUT2D eigenvalue weighted by Gasteiger charge is 2.49. The average Bonchev–Trinajstić information content (AvgIpc) is 3.53. The highest BCUT2D eigenvalue weighted by Crippen LogP contribution is 2.45. The first-order chi connectivity index (χ1) is 17.8. The Labute approximate surface area is 216 Å². The second-order valence-corrected chi connectivity index (χ2v) is 9.48. The van der Waals surface area contributed by atoms with Crippen LogP contribution in [0.15, 0.2) is 48.2 Å². The van der Waals surface area contributed by atoms with Gasteiger partial charge in [-0.25, -0.2) is 4.98 Å². The Morgan fingerprint density at radius 3 is 2.51 bits per heavy atom. The molecular formula is C26H25N5O5S. The Morgan fingerprint density at radius 2 is 1.81 bits per heavy atom. The van der Waals surface area contributed by atoms with E-state index >= 15 is 0 Å². The van der Waals surface area contributed by atoms with Gasteiger partial charge in [0, 0.05) is 6.20 Å². The number of amides is 1. The lowest BCUT2D eigenvalue weighted by Crippen LogP contribution is -2.29. The van der Waals surface area contributed by atoms with Gasteiger partial charge >= 0.3 is 5.91 Å². The number of carbonyl (C=O) groups is 2. The lowest BCUT2D eigenvalue weighted by atomic mass is 9.96. The van der Waals surface area contributed by atoms with Crippen molar-refractivity contribution in [3.05, 3.63) is 70.1 Å². The maximum absolute atomic E-state index is 13.5. The number of ketones is 1. The maximum atomic E-state index is 13.5. The summed E-state index contributed by atoms with van der Waals surface area (Å²) in [5.41, 5.74) is 1.93. The highest BCUT2D eigenvalue weighted by molar-refractivity contribution is 7.15. The zero-order chi connectivity index (χ0) is 26.3. The third-order valence-corrected chi connectivity index (χ3v) is 6.82. The molecule has 1 N–H and O–H groups in total. The number of benzene rings is 1. The summed E-state index contributed by atoms with van der Waals surface area (Å²) >= 11 is 1.18. The number of rotatable bonds is 7. The number of Topliss-reactive ketones (excluding diaryl/α,β-unsaturated/α-hetero) is 1. The Kier molecular flexibility index (Phi) is 6.38. The molecule has 4 aromatic rings. The number of aliphatic hydroxyl groups is 1. The van der Waals surface area contributed by atoms with E-state index in [2.05, 4.69) is 15.2 Å². The van der Waals surface area contributed by atoms with Crippen molar-refractivity contribution in [2.45, 2.75) is 33.7 Å². The number of aromatic nitrogens is 4. The van der Waals surface area contributed by atoms with Gasteiger partial charge < -0.3 is 14.6 Å². The molecule has 1 saturated heterocycles. The Hall–Kier alpha value is -4.25. The van der Waals surface area contributed by atoms with Crippen molar-refractivity contribution in [3.63, 3.8) is 0 Å². The second kappa shape index (κ2) is 9.66. The number of hydrogen-bond acceptors (Lipinski definition) is 9. The van der Waals surface area contributed by atoms with Gasteiger partial charge in [0.25, 0.3) is 5.78 Å². The molecule has 0 spiro atoms. The van der Waals surface area contributed by atoms with Crippen LogP contribution in [0.3, 0.4) is 0 Å². The smallest absolute Gasteiger partial charge is 0.301 e. The van der Waals surface area contributed by atoms with E-state index in [1.54, 1.807) is 54.8 Å². The van der Waals surface area contributed by atoms with Crippen molar-refractivity contribution >= 4 is 39.6 Å². The Balaban J connectivity index is 1.77. The van der Waals surface area contributed by atoms with Crippen molar-refractivity contribution in [2.24, 2.45) is 0 Å². The normalized spacial score (nSPS) is 17.1. The van der Waals surface area contributed by atoms with E-state index in [-0.39, 0.29) is 16.5 Å². The maximum Gasteiger partial charge on any atom is 0.301 e. The molecule has 190 valence electrons. The molecule has 10 nitrogen and oxygen atoms in total. The molecule has 1 aliphatic rings. The molecule has 4 heterocycles. The molecule has 3 aromatic heterocycles. The monoisotopic (exact) mass is 519 g/mol. The summed E-state index contributed by atoms with van der Waals surface area (Å²) < 4.78 is 13.2. The number of pyridine rings is 1. The van der Waals surface area contributed by atoms with E-state index in [1.165, 1.54) is 16.2 Å². The second-order valence-electron chi connectivity index (χ2n) is 8.32. The van der Waals surface area contributed by atoms with E-state index in [1.807, 2.05) is 19.9 Å². The minimum atomic E-state index is -0.976. The van der Waals surface area contributed by atoms with Gasteiger partial charge in [-0.05, 0) is 57.5 Å². The molecule has 1 aliphatic heterocycles. The van der Waals surface area contributed by atoms with E-state index in [0.29, 0.717) is 52.3 Å². The van der Waals surface area contributed by atoms with Crippen molar-refractivity contribution in [1.82, 2.24) is 19.6 Å². The third kappa shape index (κ3) is 4.10. The molecule has 0 bridgehead atoms. The third-order valence-electron chi connectivity index (χ3n) is 5.98. The van der Waals surface area contributed by atoms with Crippen molar-refractivity contribution in [1.29, 1.82) is 0 Å². The molecule has 11 heteroatoms. The lowest BCUT2D eigenvalue weighted by Gasteiger charge is -2.23. The van der Waals surface area contributed by atoms with Crippen LogP contribution in [-0.2, 0) is 9.59 Å². The first-order valence-corrected chi connectivity index (χ1v) is 12.6. The average molecular weight is 520 g/mol. The highest BCUT2D eigenvalue weighted by atomic mass is 32.1. The van der Waals surface area contributed by atoms with Gasteiger partial charge in [-0.15, -0.1) is 10.2 Å². The first-order valence-electron chi connectivity index (χ1n) is 11.8. The van der Waals surface area contributed by atoms with E-state index in [0.717, 1.165) is 0 Å². The van der Waals surface area contributed by atoms with Gasteiger partial charge in [-0.1, -0.05) is 23.5 Å². The molecule has 1 fully saturated rings. The summed E-state index contributed by atoms with van der Waals surface area (Å²) in [4.78, 5) is 32.7. The zero-order valence-corrected chi connectivity index (χ0v) is 21.6. The number of aliphatic hydroxyl groups excluding tert-OH is 1. The zero-order valence-electron chi connectivity index (χ0n) is 20.8. The molecule has 0 saturated carbocycles. The van der Waals surface area contributed by atoms with Gasteiger partial charge in [0.1, 0.15) is 16.3 Å². The van der Waals surface area contributed by atoms with E-state index in [4.69, 9.17) is 9.47 Å². The molecule has 37 heavy (non-hydrogen) atoms. The number of anilines is 1. The number of carbonyl (C=O) groups excluding carboxylic acids is 2. The fourth-order valence-electron chi connectivity index (χ4n) is 4.49. The summed E-state index contributed by atoms with van der Waals surface area (Å²) in [7, 11) is 0.